The molecule has 0 fully saturated rings. The van der Waals surface area contributed by atoms with E-state index in [4.69, 9.17) is 0 Å². The van der Waals surface area contributed by atoms with E-state index in [9.17, 15) is 9.59 Å². The standard InChI is InChI=1S/C14H13N5O2S/c1-2-13-17-18-14(22-13)16-12(21)8-19-10-6-4-3-5-9(10)11(20)7-15-19/h3-7H,2,8H2,1H3,(H,16,18,21). The zero-order chi connectivity index (χ0) is 15.5. The van der Waals surface area contributed by atoms with Crippen LogP contribution in [0.1, 0.15) is 11.9 Å². The van der Waals surface area contributed by atoms with E-state index in [2.05, 4.69) is 20.6 Å². The van der Waals surface area contributed by atoms with E-state index in [-0.39, 0.29) is 17.9 Å². The lowest BCUT2D eigenvalue weighted by atomic mass is 10.2. The molecule has 1 amide bonds. The van der Waals surface area contributed by atoms with Gasteiger partial charge < -0.3 is 0 Å². The number of anilines is 1. The van der Waals surface area contributed by atoms with Gasteiger partial charge in [-0.05, 0) is 18.6 Å². The topological polar surface area (TPSA) is 89.8 Å². The third-order valence-electron chi connectivity index (χ3n) is 3.07. The molecule has 7 nitrogen and oxygen atoms in total. The molecule has 0 aliphatic carbocycles. The van der Waals surface area contributed by atoms with Crippen LogP contribution >= 0.6 is 11.3 Å². The summed E-state index contributed by atoms with van der Waals surface area (Å²) in [7, 11) is 0. The van der Waals surface area contributed by atoms with Gasteiger partial charge in [-0.25, -0.2) is 0 Å². The molecule has 112 valence electrons. The van der Waals surface area contributed by atoms with Crippen molar-refractivity contribution < 1.29 is 4.79 Å². The molecule has 0 saturated carbocycles. The van der Waals surface area contributed by atoms with Crippen LogP contribution in [-0.4, -0.2) is 25.9 Å². The molecule has 0 aliphatic rings. The van der Waals surface area contributed by atoms with Crippen LogP contribution in [0.25, 0.3) is 10.9 Å². The number of amides is 1. The van der Waals surface area contributed by atoms with E-state index in [1.807, 2.05) is 6.92 Å². The van der Waals surface area contributed by atoms with Gasteiger partial charge in [0.15, 0.2) is 0 Å². The van der Waals surface area contributed by atoms with E-state index in [1.54, 1.807) is 24.3 Å². The molecule has 0 spiro atoms. The maximum Gasteiger partial charge on any atom is 0.247 e. The smallest absolute Gasteiger partial charge is 0.247 e. The molecule has 8 heteroatoms. The molecule has 3 aromatic rings. The lowest BCUT2D eigenvalue weighted by molar-refractivity contribution is -0.116. The molecule has 0 saturated heterocycles. The fourth-order valence-electron chi connectivity index (χ4n) is 2.03. The third kappa shape index (κ3) is 2.86. The summed E-state index contributed by atoms with van der Waals surface area (Å²) in [6.45, 7) is 1.98. The normalized spacial score (nSPS) is 10.8. The minimum atomic E-state index is -0.264. The number of carbonyl (C=O) groups is 1. The molecule has 2 aromatic heterocycles. The summed E-state index contributed by atoms with van der Waals surface area (Å²) in [6.07, 6.45) is 2.00. The number of carbonyl (C=O) groups excluding carboxylic acids is 1. The van der Waals surface area contributed by atoms with E-state index in [0.717, 1.165) is 11.4 Å². The fourth-order valence-corrected chi connectivity index (χ4v) is 2.72. The van der Waals surface area contributed by atoms with Crippen LogP contribution in [-0.2, 0) is 17.8 Å². The van der Waals surface area contributed by atoms with Crippen molar-refractivity contribution in [3.63, 3.8) is 0 Å². The van der Waals surface area contributed by atoms with Crippen molar-refractivity contribution >= 4 is 33.3 Å². The van der Waals surface area contributed by atoms with E-state index >= 15 is 0 Å². The van der Waals surface area contributed by atoms with Crippen molar-refractivity contribution in [2.75, 3.05) is 5.32 Å². The van der Waals surface area contributed by atoms with Crippen LogP contribution < -0.4 is 10.7 Å². The summed E-state index contributed by atoms with van der Waals surface area (Å²) in [5, 5.41) is 16.4. The summed E-state index contributed by atoms with van der Waals surface area (Å²) < 4.78 is 1.49. The first-order valence-corrected chi connectivity index (χ1v) is 7.56. The summed E-state index contributed by atoms with van der Waals surface area (Å²) in [6, 6.07) is 7.06. The molecule has 22 heavy (non-hydrogen) atoms. The SMILES string of the molecule is CCc1nnc(NC(=O)Cn2ncc(=O)c3ccccc32)s1. The van der Waals surface area contributed by atoms with Gasteiger partial charge in [-0.1, -0.05) is 30.4 Å². The van der Waals surface area contributed by atoms with Crippen molar-refractivity contribution in [3.05, 3.63) is 45.7 Å². The monoisotopic (exact) mass is 315 g/mol. The molecular weight excluding hydrogens is 302 g/mol. The van der Waals surface area contributed by atoms with Gasteiger partial charge in [-0.2, -0.15) is 5.10 Å². The molecule has 0 bridgehead atoms. The van der Waals surface area contributed by atoms with Gasteiger partial charge in [0.2, 0.25) is 16.5 Å². The van der Waals surface area contributed by atoms with E-state index in [1.165, 1.54) is 22.2 Å². The molecule has 0 unspecified atom stereocenters. The number of aromatic nitrogens is 4. The number of nitrogens with one attached hydrogen (secondary N) is 1. The van der Waals surface area contributed by atoms with Crippen molar-refractivity contribution in [3.8, 4) is 0 Å². The molecule has 3 rings (SSSR count). The van der Waals surface area contributed by atoms with Crippen LogP contribution in [0.3, 0.4) is 0 Å². The number of hydrogen-bond donors (Lipinski definition) is 1. The van der Waals surface area contributed by atoms with Gasteiger partial charge in [-0.15, -0.1) is 10.2 Å². The summed E-state index contributed by atoms with van der Waals surface area (Å²) in [4.78, 5) is 23.8. The second-order valence-corrected chi connectivity index (χ2v) is 5.65. The van der Waals surface area contributed by atoms with Gasteiger partial charge >= 0.3 is 0 Å². The lowest BCUT2D eigenvalue weighted by Gasteiger charge is -2.08. The van der Waals surface area contributed by atoms with Crippen molar-refractivity contribution in [2.24, 2.45) is 0 Å². The number of rotatable bonds is 4. The lowest BCUT2D eigenvalue weighted by Crippen LogP contribution is -2.22. The number of fused-ring (bicyclic) bond motifs is 1. The number of para-hydroxylation sites is 1. The number of nitrogens with zero attached hydrogens (tertiary/aromatic N) is 4. The Morgan fingerprint density at radius 2 is 2.14 bits per heavy atom. The highest BCUT2D eigenvalue weighted by Gasteiger charge is 2.10. The highest BCUT2D eigenvalue weighted by atomic mass is 32.1. The Hall–Kier alpha value is -2.61. The second-order valence-electron chi connectivity index (χ2n) is 4.59. The predicted octanol–water partition coefficient (Wildman–Crippen LogP) is 1.45. The van der Waals surface area contributed by atoms with Crippen LogP contribution in [0, 0.1) is 0 Å². The third-order valence-corrected chi connectivity index (χ3v) is 4.05. The maximum absolute atomic E-state index is 12.1. The molecule has 0 radical (unpaired) electrons. The molecule has 0 atom stereocenters. The molecule has 2 heterocycles. The van der Waals surface area contributed by atoms with Crippen LogP contribution in [0.2, 0.25) is 0 Å². The van der Waals surface area contributed by atoms with Gasteiger partial charge in [0.25, 0.3) is 0 Å². The highest BCUT2D eigenvalue weighted by Crippen LogP contribution is 2.15. The molecular formula is C14H13N5O2S. The second kappa shape index (κ2) is 6.02. The van der Waals surface area contributed by atoms with Gasteiger partial charge in [0.05, 0.1) is 11.7 Å². The van der Waals surface area contributed by atoms with Crippen molar-refractivity contribution in [1.29, 1.82) is 0 Å². The number of hydrogen-bond acceptors (Lipinski definition) is 6. The van der Waals surface area contributed by atoms with Crippen molar-refractivity contribution in [1.82, 2.24) is 20.0 Å². The van der Waals surface area contributed by atoms with Gasteiger partial charge in [0, 0.05) is 5.39 Å². The van der Waals surface area contributed by atoms with Gasteiger partial charge in [0.1, 0.15) is 11.6 Å². The minimum absolute atomic E-state index is 0.00182. The molecule has 1 aromatic carbocycles. The Balaban J connectivity index is 1.82. The van der Waals surface area contributed by atoms with Crippen LogP contribution in [0.5, 0.6) is 0 Å². The van der Waals surface area contributed by atoms with E-state index < -0.39 is 0 Å². The zero-order valence-electron chi connectivity index (χ0n) is 11.8. The first-order chi connectivity index (χ1) is 10.7. The summed E-state index contributed by atoms with van der Waals surface area (Å²) >= 11 is 1.34. The largest absolute Gasteiger partial charge is 0.299 e. The molecule has 0 aliphatic heterocycles. The van der Waals surface area contributed by atoms with Gasteiger partial charge in [-0.3, -0.25) is 19.6 Å². The average Bonchev–Trinajstić information content (AvgIpc) is 2.98. The maximum atomic E-state index is 12.1. The van der Waals surface area contributed by atoms with E-state index in [0.29, 0.717) is 16.0 Å². The average molecular weight is 315 g/mol. The first kappa shape index (κ1) is 14.3. The summed E-state index contributed by atoms with van der Waals surface area (Å²) in [5.74, 6) is -0.264. The summed E-state index contributed by atoms with van der Waals surface area (Å²) in [5.41, 5.74) is 0.459. The number of aryl methyl sites for hydroxylation is 1. The highest BCUT2D eigenvalue weighted by molar-refractivity contribution is 7.15. The quantitative estimate of drug-likeness (QED) is 0.787. The Morgan fingerprint density at radius 3 is 2.91 bits per heavy atom. The van der Waals surface area contributed by atoms with Crippen molar-refractivity contribution in [2.45, 2.75) is 19.9 Å². The Kier molecular flexibility index (Phi) is 3.92. The Labute approximate surface area is 129 Å². The van der Waals surface area contributed by atoms with Crippen LogP contribution in [0.15, 0.2) is 35.3 Å². The predicted molar refractivity (Wildman–Crippen MR) is 83.9 cm³/mol. The Morgan fingerprint density at radius 1 is 1.32 bits per heavy atom. The van der Waals surface area contributed by atoms with Crippen LogP contribution in [0.4, 0.5) is 5.13 Å². The zero-order valence-corrected chi connectivity index (χ0v) is 12.6. The first-order valence-electron chi connectivity index (χ1n) is 6.74. The molecule has 1 N–H and O–H groups in total. The number of benzene rings is 1. The Bertz CT molecular complexity index is 886. The fraction of sp³-hybridized carbons (Fsp3) is 0.214. The minimum Gasteiger partial charge on any atom is -0.299 e.